The second kappa shape index (κ2) is 9.57. The number of benzene rings is 3. The molecule has 0 spiro atoms. The zero-order chi connectivity index (χ0) is 21.6. The van der Waals surface area contributed by atoms with E-state index in [2.05, 4.69) is 10.3 Å². The van der Waals surface area contributed by atoms with Crippen LogP contribution in [-0.4, -0.2) is 27.1 Å². The van der Waals surface area contributed by atoms with Crippen LogP contribution < -0.4 is 5.32 Å². The smallest absolute Gasteiger partial charge is 0.238 e. The first-order valence-electron chi connectivity index (χ1n) is 9.79. The van der Waals surface area contributed by atoms with Crippen molar-refractivity contribution < 1.29 is 14.0 Å². The Labute approximate surface area is 184 Å². The highest BCUT2D eigenvalue weighted by molar-refractivity contribution is 8.15. The van der Waals surface area contributed by atoms with Crippen LogP contribution in [0.4, 0.5) is 15.8 Å². The Bertz CT molecular complexity index is 1090. The van der Waals surface area contributed by atoms with E-state index < -0.39 is 5.25 Å². The fourth-order valence-corrected chi connectivity index (χ4v) is 4.22. The molecule has 7 heteroatoms. The topological polar surface area (TPSA) is 61.8 Å². The molecule has 0 saturated carbocycles. The van der Waals surface area contributed by atoms with Crippen molar-refractivity contribution in [1.29, 1.82) is 0 Å². The van der Waals surface area contributed by atoms with Gasteiger partial charge < -0.3 is 5.32 Å². The third kappa shape index (κ3) is 5.38. The molecule has 1 atom stereocenters. The molecule has 5 nitrogen and oxygen atoms in total. The molecular formula is C24H20FN3O2S. The molecule has 1 aliphatic heterocycles. The molecule has 0 aromatic heterocycles. The van der Waals surface area contributed by atoms with Gasteiger partial charge in [0.15, 0.2) is 5.17 Å². The molecular weight excluding hydrogens is 413 g/mol. The summed E-state index contributed by atoms with van der Waals surface area (Å²) in [6, 6.07) is 24.4. The number of aliphatic imine (C=N–C) groups is 1. The van der Waals surface area contributed by atoms with E-state index in [9.17, 15) is 14.0 Å². The standard InChI is InChI=1S/C24H20FN3O2S/c25-18-13-11-17(12-14-18)16-28-22(29)15-21(23(30)26-19-7-3-1-4-8-19)31-24(28)27-20-9-5-2-6-10-20/h1-14,21H,15-16H2,(H,26,30). The van der Waals surface area contributed by atoms with E-state index in [1.165, 1.54) is 23.9 Å². The van der Waals surface area contributed by atoms with E-state index in [1.54, 1.807) is 29.2 Å². The van der Waals surface area contributed by atoms with Crippen LogP contribution in [0.3, 0.4) is 0 Å². The molecule has 31 heavy (non-hydrogen) atoms. The predicted octanol–water partition coefficient (Wildman–Crippen LogP) is 4.99. The number of hydrogen-bond acceptors (Lipinski definition) is 4. The quantitative estimate of drug-likeness (QED) is 0.617. The predicted molar refractivity (Wildman–Crippen MR) is 122 cm³/mol. The summed E-state index contributed by atoms with van der Waals surface area (Å²) < 4.78 is 13.3. The summed E-state index contributed by atoms with van der Waals surface area (Å²) in [5, 5.41) is 2.71. The summed E-state index contributed by atoms with van der Waals surface area (Å²) in [5.74, 6) is -0.781. The largest absolute Gasteiger partial charge is 0.325 e. The second-order valence-electron chi connectivity index (χ2n) is 7.00. The summed E-state index contributed by atoms with van der Waals surface area (Å²) in [5.41, 5.74) is 2.14. The van der Waals surface area contributed by atoms with Gasteiger partial charge >= 0.3 is 0 Å². The van der Waals surface area contributed by atoms with Gasteiger partial charge in [0.25, 0.3) is 0 Å². The Morgan fingerprint density at radius 1 is 1.00 bits per heavy atom. The number of para-hydroxylation sites is 2. The molecule has 0 aliphatic carbocycles. The van der Waals surface area contributed by atoms with Crippen molar-refractivity contribution in [2.45, 2.75) is 18.2 Å². The zero-order valence-corrected chi connectivity index (χ0v) is 17.4. The maximum Gasteiger partial charge on any atom is 0.238 e. The fraction of sp³-hybridized carbons (Fsp3) is 0.125. The number of halogens is 1. The van der Waals surface area contributed by atoms with Crippen LogP contribution in [0.25, 0.3) is 0 Å². The molecule has 1 heterocycles. The number of amidine groups is 1. The van der Waals surface area contributed by atoms with Crippen LogP contribution in [0, 0.1) is 5.82 Å². The van der Waals surface area contributed by atoms with Crippen LogP contribution in [0.5, 0.6) is 0 Å². The summed E-state index contributed by atoms with van der Waals surface area (Å²) in [6.45, 7) is 0.255. The van der Waals surface area contributed by atoms with Crippen molar-refractivity contribution in [3.8, 4) is 0 Å². The third-order valence-corrected chi connectivity index (χ3v) is 5.90. The molecule has 1 N–H and O–H groups in total. The maximum absolute atomic E-state index is 13.3. The Hall–Kier alpha value is -3.45. The molecule has 0 radical (unpaired) electrons. The van der Waals surface area contributed by atoms with E-state index in [0.717, 1.165) is 5.56 Å². The average molecular weight is 434 g/mol. The van der Waals surface area contributed by atoms with Gasteiger partial charge in [0, 0.05) is 12.1 Å². The van der Waals surface area contributed by atoms with Gasteiger partial charge in [0.2, 0.25) is 11.8 Å². The molecule has 1 fully saturated rings. The van der Waals surface area contributed by atoms with E-state index in [-0.39, 0.29) is 30.6 Å². The summed E-state index contributed by atoms with van der Waals surface area (Å²) in [4.78, 5) is 32.0. The average Bonchev–Trinajstić information content (AvgIpc) is 2.78. The van der Waals surface area contributed by atoms with Crippen molar-refractivity contribution in [3.05, 3.63) is 96.3 Å². The van der Waals surface area contributed by atoms with Gasteiger partial charge in [0.05, 0.1) is 12.2 Å². The van der Waals surface area contributed by atoms with Crippen molar-refractivity contribution in [1.82, 2.24) is 4.90 Å². The number of anilines is 1. The molecule has 1 saturated heterocycles. The van der Waals surface area contributed by atoms with Crippen LogP contribution in [-0.2, 0) is 16.1 Å². The van der Waals surface area contributed by atoms with E-state index in [4.69, 9.17) is 0 Å². The van der Waals surface area contributed by atoms with Gasteiger partial charge in [-0.2, -0.15) is 0 Å². The number of carbonyl (C=O) groups is 2. The number of nitrogens with one attached hydrogen (secondary N) is 1. The van der Waals surface area contributed by atoms with Crippen molar-refractivity contribution in [2.75, 3.05) is 5.32 Å². The highest BCUT2D eigenvalue weighted by atomic mass is 32.2. The lowest BCUT2D eigenvalue weighted by atomic mass is 10.2. The monoisotopic (exact) mass is 433 g/mol. The Balaban J connectivity index is 1.58. The van der Waals surface area contributed by atoms with E-state index in [0.29, 0.717) is 16.5 Å². The SMILES string of the molecule is O=C(Nc1ccccc1)C1CC(=O)N(Cc2ccc(F)cc2)C(=Nc2ccccc2)S1. The first-order valence-corrected chi connectivity index (χ1v) is 10.7. The van der Waals surface area contributed by atoms with E-state index in [1.807, 2.05) is 48.5 Å². The molecule has 3 aromatic rings. The summed E-state index contributed by atoms with van der Waals surface area (Å²) in [7, 11) is 0. The van der Waals surface area contributed by atoms with Crippen molar-refractivity contribution in [2.24, 2.45) is 4.99 Å². The number of rotatable bonds is 5. The zero-order valence-electron chi connectivity index (χ0n) is 16.6. The van der Waals surface area contributed by atoms with Gasteiger partial charge in [-0.3, -0.25) is 14.5 Å². The lowest BCUT2D eigenvalue weighted by Gasteiger charge is -2.32. The lowest BCUT2D eigenvalue weighted by molar-refractivity contribution is -0.129. The van der Waals surface area contributed by atoms with Crippen molar-refractivity contribution in [3.63, 3.8) is 0 Å². The molecule has 2 amide bonds. The fourth-order valence-electron chi connectivity index (χ4n) is 3.13. The number of carbonyl (C=O) groups excluding carboxylic acids is 2. The molecule has 156 valence electrons. The van der Waals surface area contributed by atoms with Crippen LogP contribution in [0.15, 0.2) is 89.9 Å². The molecule has 0 bridgehead atoms. The second-order valence-corrected chi connectivity index (χ2v) is 8.17. The minimum absolute atomic E-state index is 0.0539. The number of thioether (sulfide) groups is 1. The third-order valence-electron chi connectivity index (χ3n) is 4.71. The number of nitrogens with zero attached hydrogens (tertiary/aromatic N) is 2. The van der Waals surface area contributed by atoms with Crippen LogP contribution >= 0.6 is 11.8 Å². The highest BCUT2D eigenvalue weighted by Gasteiger charge is 2.36. The van der Waals surface area contributed by atoms with Gasteiger partial charge in [-0.15, -0.1) is 0 Å². The molecule has 3 aromatic carbocycles. The number of amides is 2. The van der Waals surface area contributed by atoms with Crippen molar-refractivity contribution >= 4 is 40.1 Å². The first-order chi connectivity index (χ1) is 15.1. The van der Waals surface area contributed by atoms with Crippen LogP contribution in [0.1, 0.15) is 12.0 Å². The Morgan fingerprint density at radius 2 is 1.65 bits per heavy atom. The lowest BCUT2D eigenvalue weighted by Crippen LogP contribution is -2.44. The number of hydrogen-bond donors (Lipinski definition) is 1. The molecule has 1 aliphatic rings. The van der Waals surface area contributed by atoms with Crippen LogP contribution in [0.2, 0.25) is 0 Å². The highest BCUT2D eigenvalue weighted by Crippen LogP contribution is 2.31. The van der Waals surface area contributed by atoms with Gasteiger partial charge in [-0.1, -0.05) is 60.3 Å². The summed E-state index contributed by atoms with van der Waals surface area (Å²) >= 11 is 1.26. The Morgan fingerprint density at radius 3 is 2.32 bits per heavy atom. The van der Waals surface area contributed by atoms with E-state index >= 15 is 0 Å². The Kier molecular flexibility index (Phi) is 6.43. The first kappa shape index (κ1) is 20.8. The molecule has 4 rings (SSSR count). The molecule has 1 unspecified atom stereocenters. The van der Waals surface area contributed by atoms with Gasteiger partial charge in [-0.25, -0.2) is 9.38 Å². The van der Waals surface area contributed by atoms with Gasteiger partial charge in [0.1, 0.15) is 11.1 Å². The normalized spacial score (nSPS) is 17.6. The summed E-state index contributed by atoms with van der Waals surface area (Å²) in [6.07, 6.45) is 0.0539. The minimum Gasteiger partial charge on any atom is -0.325 e. The van der Waals surface area contributed by atoms with Gasteiger partial charge in [-0.05, 0) is 42.0 Å². The minimum atomic E-state index is -0.598. The maximum atomic E-state index is 13.3.